The molecule has 0 aliphatic heterocycles. The Morgan fingerprint density at radius 1 is 1.17 bits per heavy atom. The minimum Gasteiger partial charge on any atom is -0.496 e. The topological polar surface area (TPSA) is 75.7 Å². The maximum Gasteiger partial charge on any atom is 0.251 e. The number of benzene rings is 2. The number of ether oxygens (including phenoxy) is 1. The molecule has 0 bridgehead atoms. The zero-order valence-electron chi connectivity index (χ0n) is 17.7. The van der Waals surface area contributed by atoms with Crippen LogP contribution in [0.15, 0.2) is 47.4 Å². The number of nitrogens with zero attached hydrogens (tertiary/aromatic N) is 1. The van der Waals surface area contributed by atoms with E-state index in [1.165, 1.54) is 18.5 Å². The third-order valence-corrected chi connectivity index (χ3v) is 6.58. The zero-order valence-corrected chi connectivity index (χ0v) is 18.5. The Bertz CT molecular complexity index is 940. The fraction of sp³-hybridized carbons (Fsp3) is 0.409. The minimum absolute atomic E-state index is 0.0719. The van der Waals surface area contributed by atoms with E-state index in [0.717, 1.165) is 18.4 Å². The molecule has 158 valence electrons. The number of nitrogens with one attached hydrogen (secondary N) is 1. The molecule has 0 aliphatic rings. The van der Waals surface area contributed by atoms with Gasteiger partial charge in [-0.2, -0.15) is 4.31 Å². The molecule has 7 heteroatoms. The molecule has 0 saturated heterocycles. The quantitative estimate of drug-likeness (QED) is 0.673. The highest BCUT2D eigenvalue weighted by molar-refractivity contribution is 7.89. The van der Waals surface area contributed by atoms with Crippen LogP contribution in [-0.2, 0) is 16.6 Å². The highest BCUT2D eigenvalue weighted by atomic mass is 32.2. The van der Waals surface area contributed by atoms with E-state index >= 15 is 0 Å². The van der Waals surface area contributed by atoms with Crippen LogP contribution in [0, 0.1) is 6.92 Å². The van der Waals surface area contributed by atoms with Crippen molar-refractivity contribution in [1.29, 1.82) is 0 Å². The largest absolute Gasteiger partial charge is 0.496 e. The van der Waals surface area contributed by atoms with E-state index < -0.39 is 10.0 Å². The second-order valence-electron chi connectivity index (χ2n) is 7.26. The van der Waals surface area contributed by atoms with Crippen LogP contribution >= 0.6 is 0 Å². The van der Waals surface area contributed by atoms with Crippen LogP contribution in [0.1, 0.15) is 48.2 Å². The fourth-order valence-corrected chi connectivity index (χ4v) is 4.22. The van der Waals surface area contributed by atoms with Gasteiger partial charge in [-0.3, -0.25) is 4.79 Å². The smallest absolute Gasteiger partial charge is 0.251 e. The van der Waals surface area contributed by atoms with Gasteiger partial charge in [0.15, 0.2) is 0 Å². The molecule has 0 radical (unpaired) electrons. The highest BCUT2D eigenvalue weighted by Gasteiger charge is 2.22. The molecule has 1 atom stereocenters. The molecule has 0 aromatic heterocycles. The van der Waals surface area contributed by atoms with Crippen molar-refractivity contribution in [3.63, 3.8) is 0 Å². The second kappa shape index (κ2) is 9.89. The van der Waals surface area contributed by atoms with E-state index in [0.29, 0.717) is 16.9 Å². The molecule has 1 N–H and O–H groups in total. The average molecular weight is 419 g/mol. The lowest BCUT2D eigenvalue weighted by Crippen LogP contribution is -2.32. The van der Waals surface area contributed by atoms with Crippen molar-refractivity contribution in [2.45, 2.75) is 51.1 Å². The standard InChI is InChI=1S/C22H30N2O4S/c1-6-7-17(3)23-22(25)18-10-13-21(28-5)19(14-18)15-24(4)29(26,27)20-11-8-16(2)9-12-20/h8-14,17H,6-7,15H2,1-5H3,(H,23,25)/t17-/m0/s1. The summed E-state index contributed by atoms with van der Waals surface area (Å²) in [6, 6.07) is 11.9. The number of aryl methyl sites for hydroxylation is 1. The lowest BCUT2D eigenvalue weighted by molar-refractivity contribution is 0.0938. The highest BCUT2D eigenvalue weighted by Crippen LogP contribution is 2.24. The van der Waals surface area contributed by atoms with Crippen molar-refractivity contribution >= 4 is 15.9 Å². The first-order chi connectivity index (χ1) is 13.7. The van der Waals surface area contributed by atoms with Gasteiger partial charge in [-0.25, -0.2) is 8.42 Å². The van der Waals surface area contributed by atoms with Crippen LogP contribution in [0.2, 0.25) is 0 Å². The van der Waals surface area contributed by atoms with Gasteiger partial charge in [0, 0.05) is 30.8 Å². The average Bonchev–Trinajstić information content (AvgIpc) is 2.68. The van der Waals surface area contributed by atoms with Crippen LogP contribution in [0.5, 0.6) is 5.75 Å². The lowest BCUT2D eigenvalue weighted by Gasteiger charge is -2.20. The first-order valence-electron chi connectivity index (χ1n) is 9.69. The van der Waals surface area contributed by atoms with Crippen LogP contribution in [0.4, 0.5) is 0 Å². The van der Waals surface area contributed by atoms with Crippen molar-refractivity contribution in [3.8, 4) is 5.75 Å². The maximum absolute atomic E-state index is 12.9. The summed E-state index contributed by atoms with van der Waals surface area (Å²) in [7, 11) is -0.618. The van der Waals surface area contributed by atoms with Crippen LogP contribution < -0.4 is 10.1 Å². The first kappa shape index (κ1) is 22.9. The number of methoxy groups -OCH3 is 1. The van der Waals surface area contributed by atoms with Crippen LogP contribution in [0.3, 0.4) is 0 Å². The minimum atomic E-state index is -3.66. The second-order valence-corrected chi connectivity index (χ2v) is 9.31. The molecule has 2 rings (SSSR count). The van der Waals surface area contributed by atoms with E-state index in [1.807, 2.05) is 13.8 Å². The predicted octanol–water partition coefficient (Wildman–Crippen LogP) is 3.74. The maximum atomic E-state index is 12.9. The normalized spacial score (nSPS) is 12.6. The van der Waals surface area contributed by atoms with E-state index in [-0.39, 0.29) is 23.4 Å². The molecule has 0 heterocycles. The van der Waals surface area contributed by atoms with Crippen molar-refractivity contribution in [2.24, 2.45) is 0 Å². The summed E-state index contributed by atoms with van der Waals surface area (Å²) in [4.78, 5) is 12.8. The summed E-state index contributed by atoms with van der Waals surface area (Å²) < 4.78 is 32.4. The predicted molar refractivity (Wildman–Crippen MR) is 115 cm³/mol. The molecule has 0 unspecified atom stereocenters. The Morgan fingerprint density at radius 3 is 2.41 bits per heavy atom. The van der Waals surface area contributed by atoms with Gasteiger partial charge >= 0.3 is 0 Å². The van der Waals surface area contributed by atoms with E-state index in [1.54, 1.807) is 42.5 Å². The van der Waals surface area contributed by atoms with E-state index in [9.17, 15) is 13.2 Å². The van der Waals surface area contributed by atoms with Crippen molar-refractivity contribution < 1.29 is 17.9 Å². The number of hydrogen-bond acceptors (Lipinski definition) is 4. The van der Waals surface area contributed by atoms with Crippen LogP contribution in [-0.4, -0.2) is 38.8 Å². The van der Waals surface area contributed by atoms with E-state index in [2.05, 4.69) is 12.2 Å². The first-order valence-corrected chi connectivity index (χ1v) is 11.1. The van der Waals surface area contributed by atoms with Gasteiger partial charge in [-0.05, 0) is 50.6 Å². The molecule has 2 aromatic carbocycles. The molecule has 2 aromatic rings. The summed E-state index contributed by atoms with van der Waals surface area (Å²) in [5.41, 5.74) is 2.09. The number of rotatable bonds is 9. The Labute approximate surface area is 173 Å². The van der Waals surface area contributed by atoms with Crippen molar-refractivity contribution in [1.82, 2.24) is 9.62 Å². The molecular formula is C22H30N2O4S. The Morgan fingerprint density at radius 2 is 1.83 bits per heavy atom. The zero-order chi connectivity index (χ0) is 21.6. The number of carbonyl (C=O) groups is 1. The monoisotopic (exact) mass is 418 g/mol. The molecule has 1 amide bonds. The Balaban J connectivity index is 2.26. The number of amides is 1. The summed E-state index contributed by atoms with van der Waals surface area (Å²) in [5, 5.41) is 2.96. The summed E-state index contributed by atoms with van der Waals surface area (Å²) in [6.07, 6.45) is 1.88. The lowest BCUT2D eigenvalue weighted by atomic mass is 10.1. The van der Waals surface area contributed by atoms with Gasteiger partial charge in [0.2, 0.25) is 10.0 Å². The van der Waals surface area contributed by atoms with Gasteiger partial charge in [0.1, 0.15) is 5.75 Å². The third kappa shape index (κ3) is 5.81. The fourth-order valence-electron chi connectivity index (χ4n) is 3.07. The molecule has 0 fully saturated rings. The number of carbonyl (C=O) groups excluding carboxylic acids is 1. The van der Waals surface area contributed by atoms with Crippen LogP contribution in [0.25, 0.3) is 0 Å². The third-order valence-electron chi connectivity index (χ3n) is 4.76. The van der Waals surface area contributed by atoms with E-state index in [4.69, 9.17) is 4.74 Å². The summed E-state index contributed by atoms with van der Waals surface area (Å²) >= 11 is 0. The van der Waals surface area contributed by atoms with Gasteiger partial charge in [0.05, 0.1) is 12.0 Å². The SMILES string of the molecule is CCC[C@H](C)NC(=O)c1ccc(OC)c(CN(C)S(=O)(=O)c2ccc(C)cc2)c1. The molecule has 0 saturated carbocycles. The van der Waals surface area contributed by atoms with Gasteiger partial charge < -0.3 is 10.1 Å². The Kier molecular flexibility index (Phi) is 7.81. The number of sulfonamides is 1. The van der Waals surface area contributed by atoms with Gasteiger partial charge in [-0.1, -0.05) is 31.0 Å². The summed E-state index contributed by atoms with van der Waals surface area (Å²) in [5.74, 6) is 0.355. The molecule has 29 heavy (non-hydrogen) atoms. The van der Waals surface area contributed by atoms with Crippen molar-refractivity contribution in [3.05, 3.63) is 59.2 Å². The molecule has 0 aliphatic carbocycles. The van der Waals surface area contributed by atoms with Gasteiger partial charge in [0.25, 0.3) is 5.91 Å². The summed E-state index contributed by atoms with van der Waals surface area (Å²) in [6.45, 7) is 6.03. The molecule has 6 nitrogen and oxygen atoms in total. The number of hydrogen-bond donors (Lipinski definition) is 1. The molecule has 0 spiro atoms. The van der Waals surface area contributed by atoms with Gasteiger partial charge in [-0.15, -0.1) is 0 Å². The van der Waals surface area contributed by atoms with Crippen molar-refractivity contribution in [2.75, 3.05) is 14.2 Å². The molecular weight excluding hydrogens is 388 g/mol. The Hall–Kier alpha value is -2.38.